The maximum absolute atomic E-state index is 4.71. The molecule has 0 bridgehead atoms. The molecular weight excluding hydrogens is 264 g/mol. The fourth-order valence-electron chi connectivity index (χ4n) is 2.07. The molecule has 1 heterocycles. The number of nitrogens with zero attached hydrogens (tertiary/aromatic N) is 1. The molecule has 2 aromatic rings. The molecule has 0 aliphatic heterocycles. The van der Waals surface area contributed by atoms with Gasteiger partial charge >= 0.3 is 0 Å². The highest BCUT2D eigenvalue weighted by Gasteiger charge is 2.08. The Bertz CT molecular complexity index is 519. The van der Waals surface area contributed by atoms with Gasteiger partial charge in [0.15, 0.2) is 0 Å². The van der Waals surface area contributed by atoms with E-state index in [1.807, 2.05) is 11.3 Å². The van der Waals surface area contributed by atoms with Crippen molar-refractivity contribution in [3.05, 3.63) is 51.5 Å². The van der Waals surface area contributed by atoms with E-state index in [1.54, 1.807) is 0 Å². The summed E-state index contributed by atoms with van der Waals surface area (Å²) >= 11 is 1.86. The smallest absolute Gasteiger partial charge is 0.0934 e. The summed E-state index contributed by atoms with van der Waals surface area (Å²) in [4.78, 5) is 6.09. The lowest BCUT2D eigenvalue weighted by Gasteiger charge is -2.09. The summed E-state index contributed by atoms with van der Waals surface area (Å²) in [6.45, 7) is 7.51. The standard InChI is InChI=1S/C17H24N2S/c1-4-13(2)18-12-16-14(3)19-17(20-16)11-10-15-8-6-5-7-9-15/h5-9,13,18H,4,10-12H2,1-3H3. The van der Waals surface area contributed by atoms with E-state index in [0.717, 1.165) is 19.4 Å². The first-order valence-electron chi connectivity index (χ1n) is 7.41. The van der Waals surface area contributed by atoms with E-state index in [0.29, 0.717) is 6.04 Å². The Morgan fingerprint density at radius 2 is 1.95 bits per heavy atom. The molecule has 0 amide bonds. The van der Waals surface area contributed by atoms with Crippen LogP contribution in [0.2, 0.25) is 0 Å². The van der Waals surface area contributed by atoms with Gasteiger partial charge in [-0.25, -0.2) is 4.98 Å². The Morgan fingerprint density at radius 3 is 2.65 bits per heavy atom. The molecule has 0 aliphatic carbocycles. The van der Waals surface area contributed by atoms with Crippen LogP contribution in [-0.4, -0.2) is 11.0 Å². The van der Waals surface area contributed by atoms with Crippen molar-refractivity contribution in [1.29, 1.82) is 0 Å². The molecule has 2 nitrogen and oxygen atoms in total. The van der Waals surface area contributed by atoms with Crippen molar-refractivity contribution in [2.45, 2.75) is 52.6 Å². The maximum Gasteiger partial charge on any atom is 0.0934 e. The van der Waals surface area contributed by atoms with Crippen LogP contribution >= 0.6 is 11.3 Å². The maximum atomic E-state index is 4.71. The minimum atomic E-state index is 0.573. The number of hydrogen-bond donors (Lipinski definition) is 1. The van der Waals surface area contributed by atoms with Gasteiger partial charge in [0.1, 0.15) is 0 Å². The minimum Gasteiger partial charge on any atom is -0.309 e. The molecule has 0 saturated heterocycles. The highest BCUT2D eigenvalue weighted by Crippen LogP contribution is 2.20. The van der Waals surface area contributed by atoms with Crippen LogP contribution in [0.1, 0.15) is 41.4 Å². The minimum absolute atomic E-state index is 0.573. The number of hydrogen-bond acceptors (Lipinski definition) is 3. The van der Waals surface area contributed by atoms with Crippen molar-refractivity contribution in [1.82, 2.24) is 10.3 Å². The third-order valence-electron chi connectivity index (χ3n) is 3.63. The normalized spacial score (nSPS) is 12.6. The molecule has 3 heteroatoms. The average molecular weight is 288 g/mol. The SMILES string of the molecule is CCC(C)NCc1sc(CCc2ccccc2)nc1C. The van der Waals surface area contributed by atoms with E-state index in [4.69, 9.17) is 4.98 Å². The van der Waals surface area contributed by atoms with Gasteiger partial charge in [0.25, 0.3) is 0 Å². The van der Waals surface area contributed by atoms with Crippen LogP contribution in [0, 0.1) is 6.92 Å². The molecule has 108 valence electrons. The fraction of sp³-hybridized carbons (Fsp3) is 0.471. The second-order valence-corrected chi connectivity index (χ2v) is 6.46. The third kappa shape index (κ3) is 4.43. The van der Waals surface area contributed by atoms with Gasteiger partial charge in [0, 0.05) is 23.9 Å². The van der Waals surface area contributed by atoms with Crippen LogP contribution in [0.3, 0.4) is 0 Å². The van der Waals surface area contributed by atoms with Crippen LogP contribution in [0.4, 0.5) is 0 Å². The molecule has 20 heavy (non-hydrogen) atoms. The largest absolute Gasteiger partial charge is 0.309 e. The van der Waals surface area contributed by atoms with E-state index in [2.05, 4.69) is 56.4 Å². The van der Waals surface area contributed by atoms with Crippen LogP contribution in [0.25, 0.3) is 0 Å². The van der Waals surface area contributed by atoms with Crippen molar-refractivity contribution in [2.24, 2.45) is 0 Å². The van der Waals surface area contributed by atoms with E-state index < -0.39 is 0 Å². The Balaban J connectivity index is 1.90. The molecule has 1 N–H and O–H groups in total. The molecule has 1 aromatic heterocycles. The lowest BCUT2D eigenvalue weighted by molar-refractivity contribution is 0.536. The third-order valence-corrected chi connectivity index (χ3v) is 4.85. The van der Waals surface area contributed by atoms with Crippen LogP contribution in [0.15, 0.2) is 30.3 Å². The zero-order valence-electron chi connectivity index (χ0n) is 12.6. The summed E-state index contributed by atoms with van der Waals surface area (Å²) in [6.07, 6.45) is 3.28. The zero-order chi connectivity index (χ0) is 14.4. The molecule has 0 fully saturated rings. The Kier molecular flexibility index (Phi) is 5.74. The van der Waals surface area contributed by atoms with Crippen molar-refractivity contribution >= 4 is 11.3 Å². The molecular formula is C17H24N2S. The summed E-state index contributed by atoms with van der Waals surface area (Å²) in [5.41, 5.74) is 2.58. The van der Waals surface area contributed by atoms with Crippen LogP contribution in [-0.2, 0) is 19.4 Å². The van der Waals surface area contributed by atoms with Gasteiger partial charge < -0.3 is 5.32 Å². The number of rotatable bonds is 7. The van der Waals surface area contributed by atoms with Gasteiger partial charge in [-0.1, -0.05) is 37.3 Å². The molecule has 2 rings (SSSR count). The number of benzene rings is 1. The van der Waals surface area contributed by atoms with Gasteiger partial charge in [-0.05, 0) is 32.3 Å². The van der Waals surface area contributed by atoms with Gasteiger partial charge in [-0.15, -0.1) is 11.3 Å². The second-order valence-electron chi connectivity index (χ2n) is 5.29. The Morgan fingerprint density at radius 1 is 1.20 bits per heavy atom. The van der Waals surface area contributed by atoms with Crippen LogP contribution in [0.5, 0.6) is 0 Å². The van der Waals surface area contributed by atoms with Gasteiger partial charge in [0.05, 0.1) is 10.7 Å². The highest BCUT2D eigenvalue weighted by molar-refractivity contribution is 7.11. The molecule has 0 radical (unpaired) electrons. The summed E-state index contributed by atoms with van der Waals surface area (Å²) in [6, 6.07) is 11.2. The summed E-state index contributed by atoms with van der Waals surface area (Å²) in [5, 5.41) is 4.80. The van der Waals surface area contributed by atoms with Gasteiger partial charge in [0.2, 0.25) is 0 Å². The predicted molar refractivity (Wildman–Crippen MR) is 87.3 cm³/mol. The molecule has 0 saturated carbocycles. The quantitative estimate of drug-likeness (QED) is 0.829. The lowest BCUT2D eigenvalue weighted by atomic mass is 10.1. The van der Waals surface area contributed by atoms with Gasteiger partial charge in [-0.3, -0.25) is 0 Å². The van der Waals surface area contributed by atoms with E-state index >= 15 is 0 Å². The molecule has 0 spiro atoms. The second kappa shape index (κ2) is 7.55. The average Bonchev–Trinajstić information content (AvgIpc) is 2.84. The van der Waals surface area contributed by atoms with Crippen LogP contribution < -0.4 is 5.32 Å². The topological polar surface area (TPSA) is 24.9 Å². The van der Waals surface area contributed by atoms with Crippen molar-refractivity contribution in [2.75, 3.05) is 0 Å². The monoisotopic (exact) mass is 288 g/mol. The first-order valence-corrected chi connectivity index (χ1v) is 8.23. The summed E-state index contributed by atoms with van der Waals surface area (Å²) < 4.78 is 0. The lowest BCUT2D eigenvalue weighted by Crippen LogP contribution is -2.24. The van der Waals surface area contributed by atoms with Crippen molar-refractivity contribution in [3.8, 4) is 0 Å². The number of aryl methyl sites for hydroxylation is 3. The van der Waals surface area contributed by atoms with E-state index in [-0.39, 0.29) is 0 Å². The van der Waals surface area contributed by atoms with E-state index in [1.165, 1.54) is 27.6 Å². The van der Waals surface area contributed by atoms with Gasteiger partial charge in [-0.2, -0.15) is 0 Å². The summed E-state index contributed by atoms with van der Waals surface area (Å²) in [7, 11) is 0. The first-order chi connectivity index (χ1) is 9.69. The van der Waals surface area contributed by atoms with Crippen molar-refractivity contribution < 1.29 is 0 Å². The molecule has 1 aromatic carbocycles. The predicted octanol–water partition coefficient (Wildman–Crippen LogP) is 4.12. The molecule has 1 unspecified atom stereocenters. The Hall–Kier alpha value is -1.19. The highest BCUT2D eigenvalue weighted by atomic mass is 32.1. The molecule has 0 aliphatic rings. The Labute approximate surface area is 126 Å². The zero-order valence-corrected chi connectivity index (χ0v) is 13.5. The van der Waals surface area contributed by atoms with Crippen molar-refractivity contribution in [3.63, 3.8) is 0 Å². The number of thiazole rings is 1. The number of nitrogens with one attached hydrogen (secondary N) is 1. The first kappa shape index (κ1) is 15.2. The van der Waals surface area contributed by atoms with E-state index in [9.17, 15) is 0 Å². The molecule has 1 atom stereocenters. The number of aromatic nitrogens is 1. The fourth-order valence-corrected chi connectivity index (χ4v) is 3.09. The summed E-state index contributed by atoms with van der Waals surface area (Å²) in [5.74, 6) is 0.